The Labute approximate surface area is 116 Å². The predicted molar refractivity (Wildman–Crippen MR) is 78.7 cm³/mol. The fourth-order valence-electron chi connectivity index (χ4n) is 1.85. The van der Waals surface area contributed by atoms with Crippen LogP contribution in [0.1, 0.15) is 23.3 Å². The fourth-order valence-corrected chi connectivity index (χ4v) is 2.60. The van der Waals surface area contributed by atoms with Crippen LogP contribution in [0.25, 0.3) is 0 Å². The van der Waals surface area contributed by atoms with Crippen LogP contribution in [0, 0.1) is 6.92 Å². The van der Waals surface area contributed by atoms with Gasteiger partial charge < -0.3 is 10.4 Å². The molecule has 1 heterocycles. The van der Waals surface area contributed by atoms with Crippen LogP contribution < -0.4 is 5.32 Å². The molecule has 100 valence electrons. The van der Waals surface area contributed by atoms with E-state index >= 15 is 0 Å². The minimum Gasteiger partial charge on any atom is -0.508 e. The normalized spacial score (nSPS) is 10.4. The summed E-state index contributed by atoms with van der Waals surface area (Å²) in [6.45, 7) is 1.79. The second-order valence-corrected chi connectivity index (χ2v) is 5.46. The summed E-state index contributed by atoms with van der Waals surface area (Å²) in [6.07, 6.45) is 2.27. The van der Waals surface area contributed by atoms with E-state index in [2.05, 4.69) is 11.4 Å². The Balaban J connectivity index is 1.82. The van der Waals surface area contributed by atoms with Crippen LogP contribution in [-0.4, -0.2) is 11.0 Å². The Morgan fingerprint density at radius 1 is 1.32 bits per heavy atom. The molecule has 0 spiro atoms. The zero-order valence-corrected chi connectivity index (χ0v) is 11.7. The first-order valence-corrected chi connectivity index (χ1v) is 7.15. The molecule has 0 radical (unpaired) electrons. The standard InChI is InChI=1S/C15H17NO2S/c1-11-13(7-3-8-14(11)17)16-15(18)9-2-5-12-6-4-10-19-12/h3-4,6-8,10,17H,2,5,9H2,1H3,(H,16,18). The summed E-state index contributed by atoms with van der Waals surface area (Å²) in [5, 5.41) is 14.4. The molecule has 1 aromatic heterocycles. The van der Waals surface area contributed by atoms with Crippen LogP contribution in [0.3, 0.4) is 0 Å². The SMILES string of the molecule is Cc1c(O)cccc1NC(=O)CCCc1cccs1. The summed E-state index contributed by atoms with van der Waals surface area (Å²) < 4.78 is 0. The molecular weight excluding hydrogens is 258 g/mol. The van der Waals surface area contributed by atoms with Crippen LogP contribution in [0.5, 0.6) is 5.75 Å². The minimum atomic E-state index is -0.00902. The molecule has 2 N–H and O–H groups in total. The van der Waals surface area contributed by atoms with E-state index in [0.717, 1.165) is 12.8 Å². The molecule has 0 aliphatic rings. The summed E-state index contributed by atoms with van der Waals surface area (Å²) in [5.74, 6) is 0.196. The van der Waals surface area contributed by atoms with Gasteiger partial charge in [-0.2, -0.15) is 0 Å². The molecule has 0 bridgehead atoms. The van der Waals surface area contributed by atoms with Gasteiger partial charge >= 0.3 is 0 Å². The highest BCUT2D eigenvalue weighted by Gasteiger charge is 2.07. The molecule has 0 atom stereocenters. The molecule has 2 rings (SSSR count). The van der Waals surface area contributed by atoms with Gasteiger partial charge in [-0.1, -0.05) is 12.1 Å². The van der Waals surface area contributed by atoms with Gasteiger partial charge in [0.05, 0.1) is 0 Å². The first kappa shape index (κ1) is 13.6. The summed E-state index contributed by atoms with van der Waals surface area (Å²) in [4.78, 5) is 13.1. The van der Waals surface area contributed by atoms with Crippen molar-refractivity contribution in [1.29, 1.82) is 0 Å². The molecule has 0 aliphatic heterocycles. The van der Waals surface area contributed by atoms with Gasteiger partial charge in [0.15, 0.2) is 0 Å². The Kier molecular flexibility index (Phi) is 4.58. The molecule has 1 aromatic carbocycles. The number of carbonyl (C=O) groups is 1. The molecule has 0 aliphatic carbocycles. The van der Waals surface area contributed by atoms with E-state index in [1.165, 1.54) is 4.88 Å². The maximum atomic E-state index is 11.8. The minimum absolute atomic E-state index is 0.00902. The number of hydrogen-bond donors (Lipinski definition) is 2. The van der Waals surface area contributed by atoms with Crippen molar-refractivity contribution in [1.82, 2.24) is 0 Å². The Hall–Kier alpha value is -1.81. The van der Waals surface area contributed by atoms with E-state index in [0.29, 0.717) is 17.7 Å². The average Bonchev–Trinajstić information content (AvgIpc) is 2.88. The summed E-state index contributed by atoms with van der Waals surface area (Å²) in [6, 6.07) is 9.25. The second-order valence-electron chi connectivity index (χ2n) is 4.43. The van der Waals surface area contributed by atoms with Crippen molar-refractivity contribution in [3.63, 3.8) is 0 Å². The molecule has 0 unspecified atom stereocenters. The van der Waals surface area contributed by atoms with Crippen LogP contribution in [0.2, 0.25) is 0 Å². The molecule has 3 nitrogen and oxygen atoms in total. The summed E-state index contributed by atoms with van der Waals surface area (Å²) in [7, 11) is 0. The zero-order chi connectivity index (χ0) is 13.7. The molecular formula is C15H17NO2S. The van der Waals surface area contributed by atoms with Crippen molar-refractivity contribution in [3.05, 3.63) is 46.2 Å². The lowest BCUT2D eigenvalue weighted by Crippen LogP contribution is -2.12. The topological polar surface area (TPSA) is 49.3 Å². The first-order valence-electron chi connectivity index (χ1n) is 6.27. The first-order chi connectivity index (χ1) is 9.16. The summed E-state index contributed by atoms with van der Waals surface area (Å²) in [5.41, 5.74) is 1.38. The molecule has 0 saturated carbocycles. The number of benzene rings is 1. The third-order valence-electron chi connectivity index (χ3n) is 2.99. The third-order valence-corrected chi connectivity index (χ3v) is 3.92. The smallest absolute Gasteiger partial charge is 0.224 e. The number of phenols is 1. The van der Waals surface area contributed by atoms with E-state index in [9.17, 15) is 9.90 Å². The van der Waals surface area contributed by atoms with Crippen molar-refractivity contribution in [2.24, 2.45) is 0 Å². The second kappa shape index (κ2) is 6.38. The Morgan fingerprint density at radius 2 is 2.16 bits per heavy atom. The van der Waals surface area contributed by atoms with E-state index in [1.807, 2.05) is 11.4 Å². The Bertz CT molecular complexity index is 549. The third kappa shape index (κ3) is 3.83. The maximum Gasteiger partial charge on any atom is 0.224 e. The number of amides is 1. The van der Waals surface area contributed by atoms with Crippen molar-refractivity contribution < 1.29 is 9.90 Å². The highest BCUT2D eigenvalue weighted by atomic mass is 32.1. The van der Waals surface area contributed by atoms with Gasteiger partial charge in [-0.25, -0.2) is 0 Å². The molecule has 0 saturated heterocycles. The van der Waals surface area contributed by atoms with Crippen LogP contribution in [-0.2, 0) is 11.2 Å². The lowest BCUT2D eigenvalue weighted by molar-refractivity contribution is -0.116. The van der Waals surface area contributed by atoms with Crippen molar-refractivity contribution in [2.75, 3.05) is 5.32 Å². The van der Waals surface area contributed by atoms with Crippen molar-refractivity contribution in [2.45, 2.75) is 26.2 Å². The lowest BCUT2D eigenvalue weighted by Gasteiger charge is -2.09. The van der Waals surface area contributed by atoms with E-state index in [-0.39, 0.29) is 11.7 Å². The van der Waals surface area contributed by atoms with E-state index in [1.54, 1.807) is 36.5 Å². The maximum absolute atomic E-state index is 11.8. The number of rotatable bonds is 5. The molecule has 2 aromatic rings. The van der Waals surface area contributed by atoms with Gasteiger partial charge in [0, 0.05) is 22.5 Å². The largest absolute Gasteiger partial charge is 0.508 e. The van der Waals surface area contributed by atoms with Crippen molar-refractivity contribution in [3.8, 4) is 5.75 Å². The van der Waals surface area contributed by atoms with Crippen LogP contribution in [0.4, 0.5) is 5.69 Å². The molecule has 19 heavy (non-hydrogen) atoms. The average molecular weight is 275 g/mol. The van der Waals surface area contributed by atoms with Crippen molar-refractivity contribution >= 4 is 22.9 Å². The van der Waals surface area contributed by atoms with Gasteiger partial charge in [0.2, 0.25) is 5.91 Å². The zero-order valence-electron chi connectivity index (χ0n) is 10.8. The predicted octanol–water partition coefficient (Wildman–Crippen LogP) is 3.72. The lowest BCUT2D eigenvalue weighted by atomic mass is 10.1. The number of anilines is 1. The summed E-state index contributed by atoms with van der Waals surface area (Å²) >= 11 is 1.72. The van der Waals surface area contributed by atoms with Gasteiger partial charge in [-0.15, -0.1) is 11.3 Å². The number of phenolic OH excluding ortho intramolecular Hbond substituents is 1. The number of thiophene rings is 1. The molecule has 0 fully saturated rings. The quantitative estimate of drug-likeness (QED) is 0.873. The number of aromatic hydroxyl groups is 1. The highest BCUT2D eigenvalue weighted by Crippen LogP contribution is 2.24. The van der Waals surface area contributed by atoms with Crippen LogP contribution >= 0.6 is 11.3 Å². The number of nitrogens with one attached hydrogen (secondary N) is 1. The van der Waals surface area contributed by atoms with E-state index < -0.39 is 0 Å². The highest BCUT2D eigenvalue weighted by molar-refractivity contribution is 7.09. The number of hydrogen-bond acceptors (Lipinski definition) is 3. The van der Waals surface area contributed by atoms with Gasteiger partial charge in [-0.3, -0.25) is 4.79 Å². The molecule has 4 heteroatoms. The van der Waals surface area contributed by atoms with E-state index in [4.69, 9.17) is 0 Å². The van der Waals surface area contributed by atoms with Crippen LogP contribution in [0.15, 0.2) is 35.7 Å². The molecule has 1 amide bonds. The van der Waals surface area contributed by atoms with Gasteiger partial charge in [-0.05, 0) is 43.3 Å². The number of carbonyl (C=O) groups excluding carboxylic acids is 1. The Morgan fingerprint density at radius 3 is 2.89 bits per heavy atom. The monoisotopic (exact) mass is 275 g/mol. The van der Waals surface area contributed by atoms with Gasteiger partial charge in [0.25, 0.3) is 0 Å². The number of aryl methyl sites for hydroxylation is 1. The fraction of sp³-hybridized carbons (Fsp3) is 0.267. The van der Waals surface area contributed by atoms with Gasteiger partial charge in [0.1, 0.15) is 5.75 Å².